The number of unbranched alkanes of at least 4 members (excludes halogenated alkanes) is 2. The number of hydrogen-bond donors (Lipinski definition) is 2. The van der Waals surface area contributed by atoms with Crippen molar-refractivity contribution in [3.05, 3.63) is 11.3 Å². The number of nitrogens with one attached hydrogen (secondary N) is 1. The quantitative estimate of drug-likeness (QED) is 0.565. The van der Waals surface area contributed by atoms with E-state index in [-0.39, 0.29) is 24.3 Å². The molecule has 2 aliphatic rings. The average molecular weight is 433 g/mol. The van der Waals surface area contributed by atoms with Crippen molar-refractivity contribution >= 4 is 29.5 Å². The van der Waals surface area contributed by atoms with Gasteiger partial charge in [-0.05, 0) is 26.7 Å². The monoisotopic (exact) mass is 432 g/mol. The minimum atomic E-state index is -0.775. The highest BCUT2D eigenvalue weighted by Crippen LogP contribution is 2.30. The van der Waals surface area contributed by atoms with Crippen LogP contribution in [0.3, 0.4) is 0 Å². The number of carboxylic acid groups (broad SMARTS) is 1. The van der Waals surface area contributed by atoms with Gasteiger partial charge in [-0.3, -0.25) is 14.4 Å². The van der Waals surface area contributed by atoms with Crippen LogP contribution in [0.15, 0.2) is 0 Å². The van der Waals surface area contributed by atoms with E-state index in [0.29, 0.717) is 63.1 Å². The van der Waals surface area contributed by atoms with Crippen molar-refractivity contribution in [2.45, 2.75) is 59.0 Å². The van der Waals surface area contributed by atoms with E-state index >= 15 is 0 Å². The molecule has 3 rings (SSSR count). The Bertz CT molecular complexity index is 835. The highest BCUT2D eigenvalue weighted by Gasteiger charge is 2.35. The van der Waals surface area contributed by atoms with E-state index in [1.54, 1.807) is 16.7 Å². The van der Waals surface area contributed by atoms with Gasteiger partial charge in [0.25, 0.3) is 5.91 Å². The Morgan fingerprint density at radius 3 is 2.42 bits per heavy atom. The molecule has 3 heterocycles. The van der Waals surface area contributed by atoms with Gasteiger partial charge in [0.05, 0.1) is 6.54 Å². The van der Waals surface area contributed by atoms with Crippen LogP contribution in [0.5, 0.6) is 0 Å². The first-order valence-corrected chi connectivity index (χ1v) is 11.0. The fourth-order valence-corrected chi connectivity index (χ4v) is 3.89. The van der Waals surface area contributed by atoms with E-state index in [4.69, 9.17) is 10.1 Å². The standard InChI is InChI=1S/C21H32N6O4/c1-14(2)27-13-16-18(20(27)31)23-21(26-11-9-25(10-12-26)15(3)28)24-19(16)22-8-6-4-5-7-17(29)30/h14H,4-13H2,1-3H3,(H,29,30)(H,22,23,24). The highest BCUT2D eigenvalue weighted by molar-refractivity contribution is 5.98. The minimum absolute atomic E-state index is 0.0579. The zero-order valence-electron chi connectivity index (χ0n) is 18.6. The summed E-state index contributed by atoms with van der Waals surface area (Å²) in [6, 6.07) is 0.0631. The molecule has 0 aromatic carbocycles. The molecular weight excluding hydrogens is 400 g/mol. The molecule has 0 saturated carbocycles. The number of carbonyl (C=O) groups excluding carboxylic acids is 2. The molecule has 0 aliphatic carbocycles. The SMILES string of the molecule is CC(=O)N1CCN(c2nc(NCCCCCC(=O)O)c3c(n2)C(=O)N(C(C)C)C3)CC1. The molecule has 0 bridgehead atoms. The molecule has 0 radical (unpaired) electrons. The van der Waals surface area contributed by atoms with Crippen LogP contribution in [0.1, 0.15) is 62.5 Å². The summed E-state index contributed by atoms with van der Waals surface area (Å²) in [5.41, 5.74) is 1.26. The first-order chi connectivity index (χ1) is 14.8. The lowest BCUT2D eigenvalue weighted by atomic mass is 10.2. The van der Waals surface area contributed by atoms with Crippen LogP contribution in [0, 0.1) is 0 Å². The van der Waals surface area contributed by atoms with Gasteiger partial charge < -0.3 is 25.1 Å². The Hall–Kier alpha value is -2.91. The summed E-state index contributed by atoms with van der Waals surface area (Å²) in [7, 11) is 0. The number of fused-ring (bicyclic) bond motifs is 1. The molecule has 1 saturated heterocycles. The Balaban J connectivity index is 1.74. The van der Waals surface area contributed by atoms with Gasteiger partial charge in [-0.25, -0.2) is 4.98 Å². The maximum atomic E-state index is 12.9. The maximum Gasteiger partial charge on any atom is 0.303 e. The van der Waals surface area contributed by atoms with E-state index in [1.807, 2.05) is 18.7 Å². The molecule has 1 aromatic rings. The summed E-state index contributed by atoms with van der Waals surface area (Å²) >= 11 is 0. The zero-order chi connectivity index (χ0) is 22.5. The molecule has 2 aliphatic heterocycles. The van der Waals surface area contributed by atoms with Gasteiger partial charge in [0.1, 0.15) is 11.5 Å². The maximum absolute atomic E-state index is 12.9. The van der Waals surface area contributed by atoms with E-state index in [9.17, 15) is 14.4 Å². The summed E-state index contributed by atoms with van der Waals surface area (Å²) in [5, 5.41) is 12.1. The first kappa shape index (κ1) is 22.8. The summed E-state index contributed by atoms with van der Waals surface area (Å²) in [5.74, 6) is 0.379. The molecule has 31 heavy (non-hydrogen) atoms. The molecule has 0 unspecified atom stereocenters. The van der Waals surface area contributed by atoms with Gasteiger partial charge in [0.15, 0.2) is 0 Å². The summed E-state index contributed by atoms with van der Waals surface area (Å²) in [6.45, 7) is 9.11. The number of nitrogens with zero attached hydrogens (tertiary/aromatic N) is 5. The normalized spacial score (nSPS) is 16.1. The number of amides is 2. The molecule has 1 aromatic heterocycles. The number of hydrogen-bond acceptors (Lipinski definition) is 7. The smallest absolute Gasteiger partial charge is 0.303 e. The fraction of sp³-hybridized carbons (Fsp3) is 0.667. The van der Waals surface area contributed by atoms with Crippen LogP contribution in [0.4, 0.5) is 11.8 Å². The third-order valence-corrected chi connectivity index (χ3v) is 5.78. The van der Waals surface area contributed by atoms with Gasteiger partial charge in [0.2, 0.25) is 11.9 Å². The Labute approximate surface area is 182 Å². The minimum Gasteiger partial charge on any atom is -0.481 e. The number of rotatable bonds is 9. The van der Waals surface area contributed by atoms with Gasteiger partial charge in [-0.1, -0.05) is 6.42 Å². The van der Waals surface area contributed by atoms with Crippen molar-refractivity contribution < 1.29 is 19.5 Å². The molecule has 2 N–H and O–H groups in total. The van der Waals surface area contributed by atoms with Crippen molar-refractivity contribution in [1.29, 1.82) is 0 Å². The average Bonchev–Trinajstić information content (AvgIpc) is 3.07. The molecule has 10 nitrogen and oxygen atoms in total. The van der Waals surface area contributed by atoms with Crippen LogP contribution in [-0.4, -0.2) is 81.4 Å². The van der Waals surface area contributed by atoms with Crippen LogP contribution >= 0.6 is 0 Å². The number of piperazine rings is 1. The lowest BCUT2D eigenvalue weighted by Gasteiger charge is -2.34. The van der Waals surface area contributed by atoms with Crippen molar-refractivity contribution in [3.8, 4) is 0 Å². The number of carbonyl (C=O) groups is 3. The Morgan fingerprint density at radius 1 is 1.10 bits per heavy atom. The predicted octanol–water partition coefficient (Wildman–Crippen LogP) is 1.57. The lowest BCUT2D eigenvalue weighted by Crippen LogP contribution is -2.48. The second-order valence-corrected chi connectivity index (χ2v) is 8.35. The Kier molecular flexibility index (Phi) is 7.29. The number of aliphatic carboxylic acids is 1. The van der Waals surface area contributed by atoms with Crippen LogP contribution in [-0.2, 0) is 16.1 Å². The number of anilines is 2. The van der Waals surface area contributed by atoms with E-state index in [0.717, 1.165) is 18.4 Å². The highest BCUT2D eigenvalue weighted by atomic mass is 16.4. The van der Waals surface area contributed by atoms with Crippen molar-refractivity contribution in [2.24, 2.45) is 0 Å². The Morgan fingerprint density at radius 2 is 1.81 bits per heavy atom. The first-order valence-electron chi connectivity index (χ1n) is 11.0. The van der Waals surface area contributed by atoms with Crippen molar-refractivity contribution in [3.63, 3.8) is 0 Å². The van der Waals surface area contributed by atoms with Crippen LogP contribution in [0.25, 0.3) is 0 Å². The third-order valence-electron chi connectivity index (χ3n) is 5.78. The molecule has 0 atom stereocenters. The van der Waals surface area contributed by atoms with Crippen LogP contribution < -0.4 is 10.2 Å². The molecule has 170 valence electrons. The fourth-order valence-electron chi connectivity index (χ4n) is 3.89. The molecule has 10 heteroatoms. The van der Waals surface area contributed by atoms with Gasteiger partial charge in [0, 0.05) is 57.7 Å². The third kappa shape index (κ3) is 5.42. The van der Waals surface area contributed by atoms with E-state index in [1.165, 1.54) is 0 Å². The van der Waals surface area contributed by atoms with Crippen molar-refractivity contribution in [2.75, 3.05) is 42.9 Å². The zero-order valence-corrected chi connectivity index (χ0v) is 18.6. The van der Waals surface area contributed by atoms with Gasteiger partial charge >= 0.3 is 5.97 Å². The molecule has 2 amide bonds. The van der Waals surface area contributed by atoms with Gasteiger partial charge in [-0.2, -0.15) is 4.98 Å². The predicted molar refractivity (Wildman–Crippen MR) is 116 cm³/mol. The largest absolute Gasteiger partial charge is 0.481 e. The lowest BCUT2D eigenvalue weighted by molar-refractivity contribution is -0.137. The molecule has 0 spiro atoms. The topological polar surface area (TPSA) is 119 Å². The van der Waals surface area contributed by atoms with E-state index < -0.39 is 5.97 Å². The number of aromatic nitrogens is 2. The summed E-state index contributed by atoms with van der Waals surface area (Å²) in [6.07, 6.45) is 2.45. The molecule has 1 fully saturated rings. The summed E-state index contributed by atoms with van der Waals surface area (Å²) < 4.78 is 0. The van der Waals surface area contributed by atoms with Crippen LogP contribution in [0.2, 0.25) is 0 Å². The second-order valence-electron chi connectivity index (χ2n) is 8.35. The number of carboxylic acids is 1. The summed E-state index contributed by atoms with van der Waals surface area (Å²) in [4.78, 5) is 50.1. The van der Waals surface area contributed by atoms with E-state index in [2.05, 4.69) is 10.3 Å². The molecular formula is C21H32N6O4. The van der Waals surface area contributed by atoms with Crippen molar-refractivity contribution in [1.82, 2.24) is 19.8 Å². The van der Waals surface area contributed by atoms with Gasteiger partial charge in [-0.15, -0.1) is 0 Å². The second kappa shape index (κ2) is 9.93.